The Morgan fingerprint density at radius 1 is 1.25 bits per heavy atom. The molecule has 1 saturated carbocycles. The zero-order valence-electron chi connectivity index (χ0n) is 13.1. The maximum Gasteiger partial charge on any atom is 0.185 e. The first-order valence-corrected chi connectivity index (χ1v) is 8.40. The smallest absolute Gasteiger partial charge is 0.185 e. The van der Waals surface area contributed by atoms with Crippen LogP contribution >= 0.6 is 12.2 Å². The summed E-state index contributed by atoms with van der Waals surface area (Å²) in [6.07, 6.45) is 11.2. The van der Waals surface area contributed by atoms with E-state index in [-0.39, 0.29) is 5.41 Å². The Bertz CT molecular complexity index is 370. The molecule has 1 fully saturated rings. The fourth-order valence-electron chi connectivity index (χ4n) is 3.63. The molecule has 0 aromatic rings. The van der Waals surface area contributed by atoms with Gasteiger partial charge in [-0.1, -0.05) is 46.1 Å². The molecule has 0 aromatic carbocycles. The zero-order valence-corrected chi connectivity index (χ0v) is 13.9. The summed E-state index contributed by atoms with van der Waals surface area (Å²) in [6.45, 7) is 6.90. The number of thiocarbonyl (C=S) groups is 1. The van der Waals surface area contributed by atoms with E-state index >= 15 is 0 Å². The van der Waals surface area contributed by atoms with Crippen molar-refractivity contribution in [3.63, 3.8) is 0 Å². The number of rotatable bonds is 3. The minimum Gasteiger partial charge on any atom is -0.359 e. The van der Waals surface area contributed by atoms with Gasteiger partial charge >= 0.3 is 0 Å². The van der Waals surface area contributed by atoms with Crippen molar-refractivity contribution in [3.8, 4) is 0 Å². The third kappa shape index (κ3) is 4.97. The largest absolute Gasteiger partial charge is 0.359 e. The van der Waals surface area contributed by atoms with Crippen molar-refractivity contribution in [2.24, 2.45) is 11.3 Å². The maximum atomic E-state index is 5.38. The van der Waals surface area contributed by atoms with E-state index in [0.29, 0.717) is 6.04 Å². The van der Waals surface area contributed by atoms with E-state index in [4.69, 9.17) is 12.2 Å². The summed E-state index contributed by atoms with van der Waals surface area (Å²) in [7, 11) is 0. The molecule has 0 unspecified atom stereocenters. The molecule has 0 heterocycles. The lowest BCUT2D eigenvalue weighted by Gasteiger charge is -2.33. The van der Waals surface area contributed by atoms with Crippen molar-refractivity contribution < 1.29 is 0 Å². The Hall–Kier alpha value is -0.770. The lowest BCUT2D eigenvalue weighted by Crippen LogP contribution is -2.48. The number of hydrogen-bond acceptors (Lipinski definition) is 2. The predicted octanol–water partition coefficient (Wildman–Crippen LogP) is 3.63. The van der Waals surface area contributed by atoms with Crippen LogP contribution in [0.15, 0.2) is 11.8 Å². The Kier molecular flexibility index (Phi) is 5.30. The molecule has 0 radical (unpaired) electrons. The van der Waals surface area contributed by atoms with Gasteiger partial charge in [0.05, 0.1) is 0 Å². The van der Waals surface area contributed by atoms with Crippen LogP contribution in [0.1, 0.15) is 65.7 Å². The monoisotopic (exact) mass is 295 g/mol. The van der Waals surface area contributed by atoms with Crippen LogP contribution in [0.25, 0.3) is 0 Å². The molecule has 0 bridgehead atoms. The van der Waals surface area contributed by atoms with Crippen LogP contribution in [0.4, 0.5) is 0 Å². The van der Waals surface area contributed by atoms with E-state index in [1.165, 1.54) is 44.2 Å². The van der Waals surface area contributed by atoms with Crippen LogP contribution < -0.4 is 16.2 Å². The Labute approximate surface area is 128 Å². The highest BCUT2D eigenvalue weighted by Crippen LogP contribution is 2.35. The van der Waals surface area contributed by atoms with Gasteiger partial charge in [0.1, 0.15) is 0 Å². The second kappa shape index (κ2) is 6.79. The van der Waals surface area contributed by atoms with Crippen LogP contribution in [0, 0.1) is 11.3 Å². The van der Waals surface area contributed by atoms with Crippen molar-refractivity contribution in [3.05, 3.63) is 11.8 Å². The normalized spacial score (nSPS) is 26.6. The van der Waals surface area contributed by atoms with Crippen molar-refractivity contribution in [2.75, 3.05) is 0 Å². The third-order valence-corrected chi connectivity index (χ3v) is 4.50. The molecule has 2 aliphatic rings. The van der Waals surface area contributed by atoms with Crippen LogP contribution in [-0.4, -0.2) is 11.2 Å². The molecule has 2 aliphatic carbocycles. The summed E-state index contributed by atoms with van der Waals surface area (Å²) < 4.78 is 0. The van der Waals surface area contributed by atoms with E-state index in [1.54, 1.807) is 0 Å². The van der Waals surface area contributed by atoms with Gasteiger partial charge in [0.2, 0.25) is 0 Å². The van der Waals surface area contributed by atoms with E-state index < -0.39 is 0 Å². The van der Waals surface area contributed by atoms with Gasteiger partial charge in [-0.05, 0) is 49.2 Å². The second-order valence-electron chi connectivity index (χ2n) is 7.23. The SMILES string of the molecule is C[C@H]1CC(NNC(=S)NC2CCCCC2)=CC(C)(C)C1. The molecular weight excluding hydrogens is 266 g/mol. The maximum absolute atomic E-state index is 5.38. The highest BCUT2D eigenvalue weighted by Gasteiger charge is 2.25. The summed E-state index contributed by atoms with van der Waals surface area (Å²) in [5, 5.41) is 4.15. The Morgan fingerprint density at radius 2 is 1.95 bits per heavy atom. The van der Waals surface area contributed by atoms with Gasteiger partial charge in [-0.25, -0.2) is 0 Å². The van der Waals surface area contributed by atoms with Gasteiger partial charge in [0.25, 0.3) is 0 Å². The summed E-state index contributed by atoms with van der Waals surface area (Å²) >= 11 is 5.38. The summed E-state index contributed by atoms with van der Waals surface area (Å²) in [5.74, 6) is 0.721. The Morgan fingerprint density at radius 3 is 2.60 bits per heavy atom. The lowest BCUT2D eigenvalue weighted by molar-refractivity contribution is 0.312. The van der Waals surface area contributed by atoms with Crippen LogP contribution in [0.3, 0.4) is 0 Å². The molecule has 0 spiro atoms. The molecule has 3 nitrogen and oxygen atoms in total. The summed E-state index contributed by atoms with van der Waals surface area (Å²) in [4.78, 5) is 0. The topological polar surface area (TPSA) is 36.1 Å². The van der Waals surface area contributed by atoms with Crippen molar-refractivity contribution in [1.82, 2.24) is 16.2 Å². The van der Waals surface area contributed by atoms with Crippen LogP contribution in [-0.2, 0) is 0 Å². The zero-order chi connectivity index (χ0) is 14.6. The van der Waals surface area contributed by atoms with Crippen molar-refractivity contribution in [2.45, 2.75) is 71.8 Å². The summed E-state index contributed by atoms with van der Waals surface area (Å²) in [5.41, 5.74) is 8.01. The average molecular weight is 295 g/mol. The minimum absolute atomic E-state index is 0.278. The highest BCUT2D eigenvalue weighted by atomic mass is 32.1. The van der Waals surface area contributed by atoms with E-state index in [0.717, 1.165) is 17.5 Å². The van der Waals surface area contributed by atoms with Gasteiger partial charge in [-0.15, -0.1) is 0 Å². The van der Waals surface area contributed by atoms with E-state index in [9.17, 15) is 0 Å². The van der Waals surface area contributed by atoms with E-state index in [1.807, 2.05) is 0 Å². The molecular formula is C16H29N3S. The fraction of sp³-hybridized carbons (Fsp3) is 0.812. The van der Waals surface area contributed by atoms with Crippen LogP contribution in [0.2, 0.25) is 0 Å². The van der Waals surface area contributed by atoms with Gasteiger partial charge in [0, 0.05) is 11.7 Å². The second-order valence-corrected chi connectivity index (χ2v) is 7.64. The third-order valence-electron chi connectivity index (χ3n) is 4.28. The van der Waals surface area contributed by atoms with Crippen molar-refractivity contribution in [1.29, 1.82) is 0 Å². The first-order valence-electron chi connectivity index (χ1n) is 7.99. The summed E-state index contributed by atoms with van der Waals surface area (Å²) in [6, 6.07) is 0.557. The molecule has 3 N–H and O–H groups in total. The molecule has 0 amide bonds. The molecule has 1 atom stereocenters. The number of nitrogens with one attached hydrogen (secondary N) is 3. The molecule has 4 heteroatoms. The fourth-order valence-corrected chi connectivity index (χ4v) is 3.85. The standard InChI is InChI=1S/C16H29N3S/c1-12-9-14(11-16(2,3)10-12)18-19-15(20)17-13-7-5-4-6-8-13/h11-13,18H,4-10H2,1-3H3,(H2,17,19,20)/t12-/m0/s1. The van der Waals surface area contributed by atoms with E-state index in [2.05, 4.69) is 43.0 Å². The molecule has 114 valence electrons. The van der Waals surface area contributed by atoms with Gasteiger partial charge in [-0.2, -0.15) is 0 Å². The molecule has 0 aliphatic heterocycles. The van der Waals surface area contributed by atoms with Gasteiger partial charge < -0.3 is 10.7 Å². The number of hydrazine groups is 1. The lowest BCUT2D eigenvalue weighted by atomic mass is 9.76. The predicted molar refractivity (Wildman–Crippen MR) is 89.1 cm³/mol. The molecule has 0 aromatic heterocycles. The first-order chi connectivity index (χ1) is 9.44. The molecule has 20 heavy (non-hydrogen) atoms. The Balaban J connectivity index is 1.76. The quantitative estimate of drug-likeness (QED) is 0.549. The first kappa shape index (κ1) is 15.6. The highest BCUT2D eigenvalue weighted by molar-refractivity contribution is 7.80. The van der Waals surface area contributed by atoms with Crippen LogP contribution in [0.5, 0.6) is 0 Å². The van der Waals surface area contributed by atoms with Gasteiger partial charge in [-0.3, -0.25) is 5.43 Å². The number of hydrogen-bond donors (Lipinski definition) is 3. The van der Waals surface area contributed by atoms with Crippen molar-refractivity contribution >= 4 is 17.3 Å². The molecule has 2 rings (SSSR count). The van der Waals surface area contributed by atoms with Gasteiger partial charge in [0.15, 0.2) is 5.11 Å². The number of allylic oxidation sites excluding steroid dienone is 2. The average Bonchev–Trinajstić information content (AvgIpc) is 2.35. The minimum atomic E-state index is 0.278. The molecule has 0 saturated heterocycles.